The summed E-state index contributed by atoms with van der Waals surface area (Å²) in [5.41, 5.74) is -0.0494. The van der Waals surface area contributed by atoms with E-state index in [1.165, 1.54) is 32.1 Å². The number of rotatable bonds is 6. The summed E-state index contributed by atoms with van der Waals surface area (Å²) in [6.45, 7) is 5.67. The van der Waals surface area contributed by atoms with Gasteiger partial charge in [-0.2, -0.15) is 0 Å². The molecular formula is C13H27NO. The molecule has 1 aliphatic carbocycles. The maximum absolute atomic E-state index is 9.38. The summed E-state index contributed by atoms with van der Waals surface area (Å²) >= 11 is 0. The van der Waals surface area contributed by atoms with Gasteiger partial charge in [0.2, 0.25) is 0 Å². The number of hydrogen-bond acceptors (Lipinski definition) is 2. The fourth-order valence-corrected chi connectivity index (χ4v) is 2.56. The highest BCUT2D eigenvalue weighted by Crippen LogP contribution is 2.23. The van der Waals surface area contributed by atoms with Gasteiger partial charge in [-0.15, -0.1) is 0 Å². The smallest absolute Gasteiger partial charge is 0.0610 e. The number of nitrogens with one attached hydrogen (secondary N) is 1. The molecule has 1 unspecified atom stereocenters. The van der Waals surface area contributed by atoms with Crippen molar-refractivity contribution in [3.63, 3.8) is 0 Å². The van der Waals surface area contributed by atoms with Crippen LogP contribution in [0.1, 0.15) is 58.8 Å². The second kappa shape index (κ2) is 6.49. The van der Waals surface area contributed by atoms with Gasteiger partial charge in [0.15, 0.2) is 0 Å². The van der Waals surface area contributed by atoms with E-state index in [0.29, 0.717) is 0 Å². The van der Waals surface area contributed by atoms with E-state index in [2.05, 4.69) is 19.2 Å². The van der Waals surface area contributed by atoms with Crippen LogP contribution in [0.3, 0.4) is 0 Å². The zero-order valence-corrected chi connectivity index (χ0v) is 10.4. The van der Waals surface area contributed by atoms with Crippen molar-refractivity contribution in [3.05, 3.63) is 0 Å². The van der Waals surface area contributed by atoms with Gasteiger partial charge < -0.3 is 10.4 Å². The molecule has 0 radical (unpaired) electrons. The monoisotopic (exact) mass is 213 g/mol. The van der Waals surface area contributed by atoms with Crippen LogP contribution < -0.4 is 5.32 Å². The molecule has 1 aliphatic rings. The average Bonchev–Trinajstić information content (AvgIpc) is 2.28. The molecule has 0 saturated heterocycles. The van der Waals surface area contributed by atoms with E-state index >= 15 is 0 Å². The number of aliphatic hydroxyl groups is 1. The van der Waals surface area contributed by atoms with E-state index in [4.69, 9.17) is 0 Å². The number of hydrogen-bond donors (Lipinski definition) is 2. The van der Waals surface area contributed by atoms with Gasteiger partial charge >= 0.3 is 0 Å². The van der Waals surface area contributed by atoms with Crippen LogP contribution in [-0.4, -0.2) is 23.8 Å². The molecule has 0 aromatic heterocycles. The van der Waals surface area contributed by atoms with Crippen molar-refractivity contribution >= 4 is 0 Å². The number of aliphatic hydroxyl groups excluding tert-OH is 1. The quantitative estimate of drug-likeness (QED) is 0.711. The molecule has 0 spiro atoms. The lowest BCUT2D eigenvalue weighted by molar-refractivity contribution is 0.154. The Hall–Kier alpha value is -0.0800. The Morgan fingerprint density at radius 2 is 1.93 bits per heavy atom. The van der Waals surface area contributed by atoms with Gasteiger partial charge in [0, 0.05) is 5.54 Å². The Morgan fingerprint density at radius 3 is 2.47 bits per heavy atom. The maximum Gasteiger partial charge on any atom is 0.0610 e. The van der Waals surface area contributed by atoms with Gasteiger partial charge in [0.25, 0.3) is 0 Å². The lowest BCUT2D eigenvalue weighted by Crippen LogP contribution is -2.47. The molecule has 2 nitrogen and oxygen atoms in total. The SMILES string of the molecule is CCCC(C)(CO)NCC1CCCCC1. The van der Waals surface area contributed by atoms with Crippen molar-refractivity contribution in [2.24, 2.45) is 5.92 Å². The Labute approximate surface area is 94.5 Å². The molecule has 0 heterocycles. The van der Waals surface area contributed by atoms with E-state index in [1.54, 1.807) is 0 Å². The van der Waals surface area contributed by atoms with Crippen molar-refractivity contribution in [2.75, 3.05) is 13.2 Å². The van der Waals surface area contributed by atoms with Crippen LogP contribution in [-0.2, 0) is 0 Å². The van der Waals surface area contributed by atoms with Crippen LogP contribution in [0.5, 0.6) is 0 Å². The largest absolute Gasteiger partial charge is 0.394 e. The normalized spacial score (nSPS) is 22.6. The fraction of sp³-hybridized carbons (Fsp3) is 1.00. The summed E-state index contributed by atoms with van der Waals surface area (Å²) in [6, 6.07) is 0. The minimum Gasteiger partial charge on any atom is -0.394 e. The summed E-state index contributed by atoms with van der Waals surface area (Å²) in [5.74, 6) is 0.849. The summed E-state index contributed by atoms with van der Waals surface area (Å²) in [7, 11) is 0. The topological polar surface area (TPSA) is 32.3 Å². The summed E-state index contributed by atoms with van der Waals surface area (Å²) < 4.78 is 0. The lowest BCUT2D eigenvalue weighted by Gasteiger charge is -2.32. The Kier molecular flexibility index (Phi) is 5.62. The molecule has 0 aliphatic heterocycles. The van der Waals surface area contributed by atoms with Gasteiger partial charge in [0.05, 0.1) is 6.61 Å². The van der Waals surface area contributed by atoms with E-state index < -0.39 is 0 Å². The van der Waals surface area contributed by atoms with E-state index in [-0.39, 0.29) is 12.1 Å². The maximum atomic E-state index is 9.38. The van der Waals surface area contributed by atoms with Crippen molar-refractivity contribution in [3.8, 4) is 0 Å². The fourth-order valence-electron chi connectivity index (χ4n) is 2.56. The third-order valence-electron chi connectivity index (χ3n) is 3.69. The Morgan fingerprint density at radius 1 is 1.27 bits per heavy atom. The van der Waals surface area contributed by atoms with Crippen LogP contribution in [0.4, 0.5) is 0 Å². The molecular weight excluding hydrogens is 186 g/mol. The first-order valence-corrected chi connectivity index (χ1v) is 6.56. The van der Waals surface area contributed by atoms with Gasteiger partial charge in [-0.1, -0.05) is 32.6 Å². The molecule has 1 saturated carbocycles. The highest BCUT2D eigenvalue weighted by atomic mass is 16.3. The average molecular weight is 213 g/mol. The van der Waals surface area contributed by atoms with E-state index in [0.717, 1.165) is 25.3 Å². The third-order valence-corrected chi connectivity index (χ3v) is 3.69. The molecule has 0 aromatic carbocycles. The van der Waals surface area contributed by atoms with Crippen LogP contribution in [0.25, 0.3) is 0 Å². The molecule has 1 rings (SSSR count). The summed E-state index contributed by atoms with van der Waals surface area (Å²) in [6.07, 6.45) is 9.17. The molecule has 0 aromatic rings. The minimum atomic E-state index is -0.0494. The van der Waals surface area contributed by atoms with Gasteiger partial charge in [0.1, 0.15) is 0 Å². The predicted molar refractivity (Wildman–Crippen MR) is 65.0 cm³/mol. The van der Waals surface area contributed by atoms with Crippen molar-refractivity contribution < 1.29 is 5.11 Å². The van der Waals surface area contributed by atoms with Crippen molar-refractivity contribution in [1.82, 2.24) is 5.32 Å². The standard InChI is InChI=1S/C13H27NO/c1-3-9-13(2,11-15)14-10-12-7-5-4-6-8-12/h12,14-15H,3-11H2,1-2H3. The van der Waals surface area contributed by atoms with E-state index in [9.17, 15) is 5.11 Å². The van der Waals surface area contributed by atoms with Crippen LogP contribution >= 0.6 is 0 Å². The third kappa shape index (κ3) is 4.52. The predicted octanol–water partition coefficient (Wildman–Crippen LogP) is 2.71. The molecule has 1 atom stereocenters. The first kappa shape index (κ1) is 13.0. The van der Waals surface area contributed by atoms with Crippen LogP contribution in [0, 0.1) is 5.92 Å². The summed E-state index contributed by atoms with van der Waals surface area (Å²) in [4.78, 5) is 0. The first-order valence-electron chi connectivity index (χ1n) is 6.56. The highest BCUT2D eigenvalue weighted by molar-refractivity contribution is 4.83. The highest BCUT2D eigenvalue weighted by Gasteiger charge is 2.23. The second-order valence-corrected chi connectivity index (χ2v) is 5.35. The Balaban J connectivity index is 2.25. The van der Waals surface area contributed by atoms with Crippen molar-refractivity contribution in [1.29, 1.82) is 0 Å². The van der Waals surface area contributed by atoms with Gasteiger partial charge in [-0.25, -0.2) is 0 Å². The van der Waals surface area contributed by atoms with Crippen LogP contribution in [0.2, 0.25) is 0 Å². The zero-order chi connectivity index (χ0) is 11.1. The minimum absolute atomic E-state index is 0.0494. The lowest BCUT2D eigenvalue weighted by atomic mass is 9.88. The first-order chi connectivity index (χ1) is 7.20. The molecule has 2 N–H and O–H groups in total. The van der Waals surface area contributed by atoms with Crippen molar-refractivity contribution in [2.45, 2.75) is 64.3 Å². The van der Waals surface area contributed by atoms with Gasteiger partial charge in [-0.3, -0.25) is 0 Å². The van der Waals surface area contributed by atoms with E-state index in [1.807, 2.05) is 0 Å². The van der Waals surface area contributed by atoms with Crippen LogP contribution in [0.15, 0.2) is 0 Å². The zero-order valence-electron chi connectivity index (χ0n) is 10.4. The molecule has 90 valence electrons. The van der Waals surface area contributed by atoms with Gasteiger partial charge in [-0.05, 0) is 38.6 Å². The Bertz CT molecular complexity index is 166. The second-order valence-electron chi connectivity index (χ2n) is 5.35. The molecule has 0 amide bonds. The molecule has 1 fully saturated rings. The molecule has 2 heteroatoms. The summed E-state index contributed by atoms with van der Waals surface area (Å²) in [5, 5.41) is 12.9. The molecule has 15 heavy (non-hydrogen) atoms. The molecule has 0 bridgehead atoms.